The van der Waals surface area contributed by atoms with Gasteiger partial charge in [0.15, 0.2) is 0 Å². The predicted octanol–water partition coefficient (Wildman–Crippen LogP) is 3.05. The monoisotopic (exact) mass is 196 g/mol. The van der Waals surface area contributed by atoms with E-state index >= 15 is 0 Å². The summed E-state index contributed by atoms with van der Waals surface area (Å²) in [5, 5.41) is 0.649. The van der Waals surface area contributed by atoms with Gasteiger partial charge in [-0.2, -0.15) is 0 Å². The summed E-state index contributed by atoms with van der Waals surface area (Å²) in [5.74, 6) is 0.608. The molecule has 0 aliphatic rings. The van der Waals surface area contributed by atoms with Crippen LogP contribution >= 0.6 is 11.6 Å². The molecule has 0 saturated carbocycles. The molecule has 70 valence electrons. The summed E-state index contributed by atoms with van der Waals surface area (Å²) in [5.41, 5.74) is 7.46. The number of aryl methyl sites for hydroxylation is 1. The van der Waals surface area contributed by atoms with Gasteiger partial charge in [-0.25, -0.2) is 4.99 Å². The molecule has 0 aromatic heterocycles. The number of hydrogen-bond donors (Lipinski definition) is 1. The summed E-state index contributed by atoms with van der Waals surface area (Å²) in [6.45, 7) is 3.93. The van der Waals surface area contributed by atoms with Crippen LogP contribution in [0, 0.1) is 6.92 Å². The zero-order valence-electron chi connectivity index (χ0n) is 7.84. The van der Waals surface area contributed by atoms with Crippen molar-refractivity contribution in [2.75, 3.05) is 0 Å². The smallest absolute Gasteiger partial charge is 0.0994 e. The van der Waals surface area contributed by atoms with Gasteiger partial charge < -0.3 is 5.73 Å². The number of nitrogens with two attached hydrogens (primary N) is 1. The molecule has 0 bridgehead atoms. The van der Waals surface area contributed by atoms with E-state index in [1.807, 2.05) is 32.0 Å². The van der Waals surface area contributed by atoms with Crippen LogP contribution in [-0.4, -0.2) is 5.84 Å². The maximum absolute atomic E-state index is 5.97. The molecule has 1 rings (SSSR count). The fourth-order valence-corrected chi connectivity index (χ4v) is 1.25. The van der Waals surface area contributed by atoms with Crippen molar-refractivity contribution < 1.29 is 0 Å². The SMILES string of the molecule is CCC(N)=Nc1c(C)cccc1Cl. The number of para-hydroxylation sites is 1. The number of rotatable bonds is 2. The third-order valence-corrected chi connectivity index (χ3v) is 2.11. The molecule has 2 nitrogen and oxygen atoms in total. The Morgan fingerprint density at radius 3 is 2.77 bits per heavy atom. The minimum Gasteiger partial charge on any atom is -0.387 e. The van der Waals surface area contributed by atoms with Gasteiger partial charge in [-0.1, -0.05) is 30.7 Å². The average molecular weight is 197 g/mol. The third kappa shape index (κ3) is 2.46. The maximum Gasteiger partial charge on any atom is 0.0994 e. The van der Waals surface area contributed by atoms with Gasteiger partial charge in [0.2, 0.25) is 0 Å². The highest BCUT2D eigenvalue weighted by molar-refractivity contribution is 6.33. The Balaban J connectivity index is 3.14. The summed E-state index contributed by atoms with van der Waals surface area (Å²) in [4.78, 5) is 4.24. The largest absolute Gasteiger partial charge is 0.387 e. The molecule has 0 unspecified atom stereocenters. The Hall–Kier alpha value is -1.02. The third-order valence-electron chi connectivity index (χ3n) is 1.81. The molecule has 0 heterocycles. The zero-order valence-corrected chi connectivity index (χ0v) is 8.60. The fraction of sp³-hybridized carbons (Fsp3) is 0.300. The van der Waals surface area contributed by atoms with Gasteiger partial charge in [0, 0.05) is 6.42 Å². The summed E-state index contributed by atoms with van der Waals surface area (Å²) in [7, 11) is 0. The number of benzene rings is 1. The summed E-state index contributed by atoms with van der Waals surface area (Å²) >= 11 is 5.97. The van der Waals surface area contributed by atoms with Crippen molar-refractivity contribution in [3.05, 3.63) is 28.8 Å². The Kier molecular flexibility index (Phi) is 3.32. The molecule has 1 aromatic rings. The lowest BCUT2D eigenvalue weighted by Crippen LogP contribution is -2.08. The highest BCUT2D eigenvalue weighted by Crippen LogP contribution is 2.28. The van der Waals surface area contributed by atoms with Crippen molar-refractivity contribution in [3.63, 3.8) is 0 Å². The molecule has 0 aliphatic heterocycles. The molecule has 13 heavy (non-hydrogen) atoms. The van der Waals surface area contributed by atoms with Crippen LogP contribution in [0.1, 0.15) is 18.9 Å². The van der Waals surface area contributed by atoms with E-state index in [9.17, 15) is 0 Å². The number of aliphatic imine (C=N–C) groups is 1. The summed E-state index contributed by atoms with van der Waals surface area (Å²) in [6.07, 6.45) is 0.741. The standard InChI is InChI=1S/C10H13ClN2/c1-3-9(12)13-10-7(2)5-4-6-8(10)11/h4-6H,3H2,1-2H3,(H2,12,13). The van der Waals surface area contributed by atoms with Gasteiger partial charge in [-0.15, -0.1) is 0 Å². The summed E-state index contributed by atoms with van der Waals surface area (Å²) in [6, 6.07) is 5.68. The van der Waals surface area contributed by atoms with Crippen LogP contribution in [0.15, 0.2) is 23.2 Å². The maximum atomic E-state index is 5.97. The first-order valence-electron chi connectivity index (χ1n) is 4.23. The van der Waals surface area contributed by atoms with E-state index in [1.54, 1.807) is 0 Å². The van der Waals surface area contributed by atoms with Crippen LogP contribution in [0.4, 0.5) is 5.69 Å². The van der Waals surface area contributed by atoms with Crippen LogP contribution < -0.4 is 5.73 Å². The molecule has 0 atom stereocenters. The minimum atomic E-state index is 0.608. The molecule has 1 aromatic carbocycles. The molecule has 3 heteroatoms. The van der Waals surface area contributed by atoms with Gasteiger partial charge in [0.25, 0.3) is 0 Å². The lowest BCUT2D eigenvalue weighted by atomic mass is 10.2. The minimum absolute atomic E-state index is 0.608. The second-order valence-electron chi connectivity index (χ2n) is 2.86. The molecule has 0 saturated heterocycles. The Morgan fingerprint density at radius 2 is 2.23 bits per heavy atom. The second kappa shape index (κ2) is 4.28. The first-order chi connectivity index (χ1) is 6.15. The molecule has 0 aliphatic carbocycles. The predicted molar refractivity (Wildman–Crippen MR) is 57.8 cm³/mol. The topological polar surface area (TPSA) is 38.4 Å². The highest BCUT2D eigenvalue weighted by Gasteiger charge is 2.01. The molecule has 0 radical (unpaired) electrons. The van der Waals surface area contributed by atoms with Crippen LogP contribution in [-0.2, 0) is 0 Å². The number of amidine groups is 1. The number of halogens is 1. The van der Waals surface area contributed by atoms with E-state index in [0.717, 1.165) is 17.7 Å². The molecule has 2 N–H and O–H groups in total. The first kappa shape index (κ1) is 10.1. The normalized spacial score (nSPS) is 11.8. The van der Waals surface area contributed by atoms with E-state index in [2.05, 4.69) is 4.99 Å². The quantitative estimate of drug-likeness (QED) is 0.573. The van der Waals surface area contributed by atoms with Crippen LogP contribution in [0.5, 0.6) is 0 Å². The van der Waals surface area contributed by atoms with Crippen molar-refractivity contribution in [1.82, 2.24) is 0 Å². The van der Waals surface area contributed by atoms with E-state index in [1.165, 1.54) is 0 Å². The second-order valence-corrected chi connectivity index (χ2v) is 3.27. The first-order valence-corrected chi connectivity index (χ1v) is 4.61. The van der Waals surface area contributed by atoms with Gasteiger partial charge in [0.1, 0.15) is 0 Å². The van der Waals surface area contributed by atoms with E-state index in [4.69, 9.17) is 17.3 Å². The van der Waals surface area contributed by atoms with Crippen molar-refractivity contribution in [2.24, 2.45) is 10.7 Å². The Labute approximate surface area is 83.4 Å². The van der Waals surface area contributed by atoms with Crippen LogP contribution in [0.25, 0.3) is 0 Å². The lowest BCUT2D eigenvalue weighted by Gasteiger charge is -2.03. The molecular weight excluding hydrogens is 184 g/mol. The molecule has 0 spiro atoms. The van der Waals surface area contributed by atoms with Crippen LogP contribution in [0.2, 0.25) is 5.02 Å². The molecule has 0 fully saturated rings. The van der Waals surface area contributed by atoms with Gasteiger partial charge >= 0.3 is 0 Å². The van der Waals surface area contributed by atoms with Crippen molar-refractivity contribution >= 4 is 23.1 Å². The molecular formula is C10H13ClN2. The Bertz CT molecular complexity index is 311. The Morgan fingerprint density at radius 1 is 1.54 bits per heavy atom. The van der Waals surface area contributed by atoms with E-state index in [-0.39, 0.29) is 0 Å². The number of hydrogen-bond acceptors (Lipinski definition) is 1. The van der Waals surface area contributed by atoms with Gasteiger partial charge in [-0.05, 0) is 18.6 Å². The van der Waals surface area contributed by atoms with Crippen molar-refractivity contribution in [3.8, 4) is 0 Å². The number of nitrogens with zero attached hydrogens (tertiary/aromatic N) is 1. The fourth-order valence-electron chi connectivity index (χ4n) is 0.987. The summed E-state index contributed by atoms with van der Waals surface area (Å²) < 4.78 is 0. The average Bonchev–Trinajstić information content (AvgIpc) is 2.11. The molecule has 0 amide bonds. The van der Waals surface area contributed by atoms with Crippen molar-refractivity contribution in [1.29, 1.82) is 0 Å². The van der Waals surface area contributed by atoms with Gasteiger partial charge in [0.05, 0.1) is 16.5 Å². The van der Waals surface area contributed by atoms with E-state index in [0.29, 0.717) is 10.9 Å². The van der Waals surface area contributed by atoms with E-state index < -0.39 is 0 Å². The van der Waals surface area contributed by atoms with Crippen molar-refractivity contribution in [2.45, 2.75) is 20.3 Å². The lowest BCUT2D eigenvalue weighted by molar-refractivity contribution is 1.23. The zero-order chi connectivity index (χ0) is 9.84. The van der Waals surface area contributed by atoms with Gasteiger partial charge in [-0.3, -0.25) is 0 Å². The van der Waals surface area contributed by atoms with Crippen LogP contribution in [0.3, 0.4) is 0 Å². The highest BCUT2D eigenvalue weighted by atomic mass is 35.5.